The quantitative estimate of drug-likeness (QED) is 0.753. The Labute approximate surface area is 144 Å². The summed E-state index contributed by atoms with van der Waals surface area (Å²) >= 11 is 0. The van der Waals surface area contributed by atoms with Crippen molar-refractivity contribution in [3.63, 3.8) is 0 Å². The average Bonchev–Trinajstić information content (AvgIpc) is 2.99. The highest BCUT2D eigenvalue weighted by Gasteiger charge is 2.32. The van der Waals surface area contributed by atoms with E-state index >= 15 is 0 Å². The van der Waals surface area contributed by atoms with E-state index in [9.17, 15) is 4.79 Å². The lowest BCUT2D eigenvalue weighted by Gasteiger charge is -2.32. The fourth-order valence-corrected chi connectivity index (χ4v) is 3.97. The smallest absolute Gasteiger partial charge is 0.230 e. The Morgan fingerprint density at radius 2 is 2.29 bits per heavy atom. The number of nitrogens with zero attached hydrogens (tertiary/aromatic N) is 3. The largest absolute Gasteiger partial charge is 0.383 e. The highest BCUT2D eigenvalue weighted by atomic mass is 16.5. The van der Waals surface area contributed by atoms with Crippen molar-refractivity contribution in [3.05, 3.63) is 29.6 Å². The predicted octanol–water partition coefficient (Wildman–Crippen LogP) is 2.67. The Hall–Kier alpha value is -1.62. The molecule has 0 spiro atoms. The van der Waals surface area contributed by atoms with Crippen LogP contribution in [-0.4, -0.2) is 47.4 Å². The third-order valence-electron chi connectivity index (χ3n) is 5.25. The highest BCUT2D eigenvalue weighted by Crippen LogP contribution is 2.33. The zero-order chi connectivity index (χ0) is 16.9. The molecule has 0 N–H and O–H groups in total. The summed E-state index contributed by atoms with van der Waals surface area (Å²) in [6.07, 6.45) is 12.9. The van der Waals surface area contributed by atoms with Gasteiger partial charge in [-0.2, -0.15) is 5.10 Å². The van der Waals surface area contributed by atoms with Crippen LogP contribution in [0.15, 0.2) is 18.3 Å². The van der Waals surface area contributed by atoms with Crippen molar-refractivity contribution >= 4 is 5.91 Å². The first-order chi connectivity index (χ1) is 11.7. The molecule has 0 saturated carbocycles. The molecule has 1 amide bonds. The van der Waals surface area contributed by atoms with Gasteiger partial charge in [0.2, 0.25) is 5.91 Å². The molecule has 24 heavy (non-hydrogen) atoms. The van der Waals surface area contributed by atoms with Gasteiger partial charge in [0, 0.05) is 39.0 Å². The molecule has 3 rings (SSSR count). The van der Waals surface area contributed by atoms with E-state index in [1.807, 2.05) is 22.8 Å². The van der Waals surface area contributed by atoms with Crippen LogP contribution in [-0.2, 0) is 23.0 Å². The number of carbonyl (C=O) groups excluding carboxylic acids is 1. The highest BCUT2D eigenvalue weighted by molar-refractivity contribution is 5.84. The fraction of sp³-hybridized carbons (Fsp3) is 0.684. The predicted molar refractivity (Wildman–Crippen MR) is 93.8 cm³/mol. The number of rotatable bonds is 6. The zero-order valence-electron chi connectivity index (χ0n) is 14.9. The normalized spacial score (nSPS) is 23.1. The molecule has 2 aliphatic rings. The Morgan fingerprint density at radius 1 is 1.42 bits per heavy atom. The molecule has 2 aliphatic carbocycles. The van der Waals surface area contributed by atoms with Crippen molar-refractivity contribution in [2.24, 2.45) is 13.0 Å². The van der Waals surface area contributed by atoms with Crippen molar-refractivity contribution in [1.29, 1.82) is 0 Å². The number of fused-ring (bicyclic) bond motifs is 1. The first kappa shape index (κ1) is 17.2. The van der Waals surface area contributed by atoms with Gasteiger partial charge in [-0.1, -0.05) is 12.2 Å². The van der Waals surface area contributed by atoms with Gasteiger partial charge < -0.3 is 9.64 Å². The minimum atomic E-state index is -0.0292. The van der Waals surface area contributed by atoms with E-state index in [4.69, 9.17) is 4.74 Å². The van der Waals surface area contributed by atoms with E-state index in [-0.39, 0.29) is 11.8 Å². The fourth-order valence-electron chi connectivity index (χ4n) is 3.97. The van der Waals surface area contributed by atoms with E-state index in [0.717, 1.165) is 49.9 Å². The number of aromatic nitrogens is 2. The van der Waals surface area contributed by atoms with Crippen LogP contribution in [0.25, 0.3) is 0 Å². The van der Waals surface area contributed by atoms with Gasteiger partial charge in [-0.25, -0.2) is 0 Å². The van der Waals surface area contributed by atoms with Gasteiger partial charge in [-0.05, 0) is 44.4 Å². The molecule has 0 saturated heterocycles. The summed E-state index contributed by atoms with van der Waals surface area (Å²) < 4.78 is 7.10. The Balaban J connectivity index is 1.74. The molecule has 5 heteroatoms. The molecule has 132 valence electrons. The molecule has 0 unspecified atom stereocenters. The minimum Gasteiger partial charge on any atom is -0.383 e. The summed E-state index contributed by atoms with van der Waals surface area (Å²) in [5, 5.41) is 4.53. The summed E-state index contributed by atoms with van der Waals surface area (Å²) in [4.78, 5) is 15.3. The minimum absolute atomic E-state index is 0.0292. The molecule has 0 radical (unpaired) electrons. The molecule has 1 heterocycles. The molecular weight excluding hydrogens is 302 g/mol. The van der Waals surface area contributed by atoms with Crippen LogP contribution in [0.5, 0.6) is 0 Å². The first-order valence-corrected chi connectivity index (χ1v) is 9.14. The van der Waals surface area contributed by atoms with Crippen LogP contribution in [0.3, 0.4) is 0 Å². The lowest BCUT2D eigenvalue weighted by Crippen LogP contribution is -2.41. The van der Waals surface area contributed by atoms with Crippen LogP contribution < -0.4 is 0 Å². The second-order valence-electron chi connectivity index (χ2n) is 7.08. The summed E-state index contributed by atoms with van der Waals surface area (Å²) in [7, 11) is 3.64. The van der Waals surface area contributed by atoms with Gasteiger partial charge in [0.1, 0.15) is 0 Å². The number of hydrogen-bond acceptors (Lipinski definition) is 3. The topological polar surface area (TPSA) is 47.4 Å². The van der Waals surface area contributed by atoms with Gasteiger partial charge in [-0.15, -0.1) is 0 Å². The molecule has 0 aliphatic heterocycles. The molecule has 1 aromatic rings. The van der Waals surface area contributed by atoms with E-state index in [1.165, 1.54) is 6.42 Å². The van der Waals surface area contributed by atoms with E-state index in [1.54, 1.807) is 7.11 Å². The standard InChI is InChI=1S/C19H29N3O2/c1-21-14-17-16(9-6-10-18(17)20-21)19(23)22(11-12-24-2)13-15-7-4-3-5-8-15/h3-4,14-16H,5-13H2,1-2H3/t15-,16-/m1/s1. The number of aryl methyl sites for hydroxylation is 2. The van der Waals surface area contributed by atoms with Gasteiger partial charge in [0.25, 0.3) is 0 Å². The number of carbonyl (C=O) groups is 1. The third kappa shape index (κ3) is 3.89. The van der Waals surface area contributed by atoms with Gasteiger partial charge >= 0.3 is 0 Å². The van der Waals surface area contributed by atoms with Crippen LogP contribution in [0.4, 0.5) is 0 Å². The van der Waals surface area contributed by atoms with E-state index in [2.05, 4.69) is 17.3 Å². The average molecular weight is 331 g/mol. The summed E-state index contributed by atoms with van der Waals surface area (Å²) in [5.74, 6) is 0.807. The SMILES string of the molecule is COCCN(C[C@@H]1CC=CCC1)C(=O)[C@@H]1CCCc2nn(C)cc21. The maximum absolute atomic E-state index is 13.3. The lowest BCUT2D eigenvalue weighted by atomic mass is 9.85. The Kier molecular flexibility index (Phi) is 5.72. The van der Waals surface area contributed by atoms with Gasteiger partial charge in [-0.3, -0.25) is 9.48 Å². The maximum Gasteiger partial charge on any atom is 0.230 e. The van der Waals surface area contributed by atoms with Gasteiger partial charge in [0.15, 0.2) is 0 Å². The third-order valence-corrected chi connectivity index (χ3v) is 5.25. The Morgan fingerprint density at radius 3 is 3.04 bits per heavy atom. The summed E-state index contributed by atoms with van der Waals surface area (Å²) in [6.45, 7) is 2.13. The van der Waals surface area contributed by atoms with Gasteiger partial charge in [0.05, 0.1) is 18.2 Å². The number of allylic oxidation sites excluding steroid dienone is 2. The monoisotopic (exact) mass is 331 g/mol. The van der Waals surface area contributed by atoms with E-state index < -0.39 is 0 Å². The number of ether oxygens (including phenoxy) is 1. The van der Waals surface area contributed by atoms with Crippen LogP contribution in [0.2, 0.25) is 0 Å². The molecular formula is C19H29N3O2. The van der Waals surface area contributed by atoms with Crippen molar-refractivity contribution < 1.29 is 9.53 Å². The molecule has 1 aromatic heterocycles. The number of hydrogen-bond donors (Lipinski definition) is 0. The summed E-state index contributed by atoms with van der Waals surface area (Å²) in [6, 6.07) is 0. The van der Waals surface area contributed by atoms with Crippen LogP contribution in [0, 0.1) is 5.92 Å². The van der Waals surface area contributed by atoms with Crippen molar-refractivity contribution in [2.75, 3.05) is 26.8 Å². The Bertz CT molecular complexity index is 593. The number of methoxy groups -OCH3 is 1. The zero-order valence-corrected chi connectivity index (χ0v) is 14.9. The molecule has 2 atom stereocenters. The first-order valence-electron chi connectivity index (χ1n) is 9.14. The summed E-state index contributed by atoms with van der Waals surface area (Å²) in [5.41, 5.74) is 2.24. The second-order valence-corrected chi connectivity index (χ2v) is 7.08. The molecule has 5 nitrogen and oxygen atoms in total. The molecule has 0 aromatic carbocycles. The van der Waals surface area contributed by atoms with Crippen molar-refractivity contribution in [3.8, 4) is 0 Å². The number of amides is 1. The van der Waals surface area contributed by atoms with Crippen molar-refractivity contribution in [1.82, 2.24) is 14.7 Å². The van der Waals surface area contributed by atoms with Crippen molar-refractivity contribution in [2.45, 2.75) is 44.4 Å². The molecule has 0 bridgehead atoms. The van der Waals surface area contributed by atoms with Crippen LogP contribution >= 0.6 is 0 Å². The lowest BCUT2D eigenvalue weighted by molar-refractivity contribution is -0.134. The van der Waals surface area contributed by atoms with Crippen LogP contribution in [0.1, 0.15) is 49.3 Å². The van der Waals surface area contributed by atoms with E-state index in [0.29, 0.717) is 19.1 Å². The second kappa shape index (κ2) is 7.97. The molecule has 0 fully saturated rings. The maximum atomic E-state index is 13.3.